The molecule has 3 aromatic rings. The van der Waals surface area contributed by atoms with E-state index in [4.69, 9.17) is 27.9 Å². The Bertz CT molecular complexity index is 1280. The van der Waals surface area contributed by atoms with Crippen LogP contribution in [0.1, 0.15) is 54.4 Å². The molecule has 0 unspecified atom stereocenters. The standard InChI is InChI=1S/C32H36Cl2N2O3/c1-22-13-14-23(2)30(17-22)39-21-31(37)36(20-25-15-16-26(33)19-28(25)34)29(18-24-9-5-3-6-10-24)32(38)35-27-11-7-4-8-12-27/h3,5-6,9-10,13-17,19,27,29H,4,7-8,11-12,18,20-21H2,1-2H3,(H,35,38)/t29-/m0/s1. The quantitative estimate of drug-likeness (QED) is 0.285. The number of amides is 2. The van der Waals surface area contributed by atoms with Gasteiger partial charge in [0.2, 0.25) is 5.91 Å². The van der Waals surface area contributed by atoms with E-state index in [1.165, 1.54) is 6.42 Å². The van der Waals surface area contributed by atoms with Gasteiger partial charge in [0.1, 0.15) is 11.8 Å². The third-order valence-corrected chi connectivity index (χ3v) is 7.86. The fraction of sp³-hybridized carbons (Fsp3) is 0.375. The monoisotopic (exact) mass is 566 g/mol. The molecule has 1 atom stereocenters. The number of aryl methyl sites for hydroxylation is 2. The van der Waals surface area contributed by atoms with Crippen LogP contribution >= 0.6 is 23.2 Å². The van der Waals surface area contributed by atoms with Crippen LogP contribution < -0.4 is 10.1 Å². The summed E-state index contributed by atoms with van der Waals surface area (Å²) in [7, 11) is 0. The van der Waals surface area contributed by atoms with Crippen molar-refractivity contribution >= 4 is 35.0 Å². The molecule has 1 saturated carbocycles. The average molecular weight is 568 g/mol. The van der Waals surface area contributed by atoms with Gasteiger partial charge in [-0.05, 0) is 67.1 Å². The summed E-state index contributed by atoms with van der Waals surface area (Å²) in [5.41, 5.74) is 3.67. The highest BCUT2D eigenvalue weighted by molar-refractivity contribution is 6.35. The maximum Gasteiger partial charge on any atom is 0.261 e. The van der Waals surface area contributed by atoms with E-state index in [1.54, 1.807) is 23.1 Å². The molecule has 3 aromatic carbocycles. The van der Waals surface area contributed by atoms with Gasteiger partial charge in [0.25, 0.3) is 5.91 Å². The van der Waals surface area contributed by atoms with Crippen molar-refractivity contribution in [3.8, 4) is 5.75 Å². The number of rotatable bonds is 10. The number of nitrogens with zero attached hydrogens (tertiary/aromatic N) is 1. The van der Waals surface area contributed by atoms with Gasteiger partial charge in [0.05, 0.1) is 0 Å². The molecular formula is C32H36Cl2N2O3. The van der Waals surface area contributed by atoms with E-state index in [-0.39, 0.29) is 31.0 Å². The molecule has 1 N–H and O–H groups in total. The zero-order valence-electron chi connectivity index (χ0n) is 22.6. The van der Waals surface area contributed by atoms with Gasteiger partial charge >= 0.3 is 0 Å². The molecule has 1 fully saturated rings. The molecule has 0 saturated heterocycles. The Hall–Kier alpha value is -3.02. The minimum Gasteiger partial charge on any atom is -0.483 e. The Labute approximate surface area is 241 Å². The van der Waals surface area contributed by atoms with Crippen LogP contribution in [0.4, 0.5) is 0 Å². The van der Waals surface area contributed by atoms with Crippen LogP contribution in [0.25, 0.3) is 0 Å². The summed E-state index contributed by atoms with van der Waals surface area (Å²) in [5.74, 6) is 0.205. The van der Waals surface area contributed by atoms with Crippen molar-refractivity contribution in [2.24, 2.45) is 0 Å². The van der Waals surface area contributed by atoms with Crippen LogP contribution in [0.3, 0.4) is 0 Å². The number of hydrogen-bond donors (Lipinski definition) is 1. The summed E-state index contributed by atoms with van der Waals surface area (Å²) in [6.45, 7) is 3.88. The van der Waals surface area contributed by atoms with Crippen LogP contribution in [-0.4, -0.2) is 35.4 Å². The lowest BCUT2D eigenvalue weighted by atomic mass is 9.94. The van der Waals surface area contributed by atoms with Crippen LogP contribution in [0, 0.1) is 13.8 Å². The SMILES string of the molecule is Cc1ccc(C)c(OCC(=O)N(Cc2ccc(Cl)cc2Cl)[C@@H](Cc2ccccc2)C(=O)NC2CCCCC2)c1. The number of carbonyl (C=O) groups is 2. The predicted molar refractivity (Wildman–Crippen MR) is 157 cm³/mol. The maximum absolute atomic E-state index is 13.9. The molecule has 1 aliphatic rings. The van der Waals surface area contributed by atoms with E-state index in [0.29, 0.717) is 27.8 Å². The largest absolute Gasteiger partial charge is 0.483 e. The molecule has 7 heteroatoms. The number of nitrogens with one attached hydrogen (secondary N) is 1. The van der Waals surface area contributed by atoms with Crippen molar-refractivity contribution in [1.82, 2.24) is 10.2 Å². The first kappa shape index (κ1) is 29.0. The van der Waals surface area contributed by atoms with Crippen molar-refractivity contribution < 1.29 is 14.3 Å². The van der Waals surface area contributed by atoms with Gasteiger partial charge in [-0.15, -0.1) is 0 Å². The Kier molecular flexibility index (Phi) is 10.3. The molecule has 0 radical (unpaired) electrons. The second-order valence-electron chi connectivity index (χ2n) is 10.4. The highest BCUT2D eigenvalue weighted by Crippen LogP contribution is 2.25. The van der Waals surface area contributed by atoms with E-state index < -0.39 is 6.04 Å². The van der Waals surface area contributed by atoms with Crippen LogP contribution in [-0.2, 0) is 22.6 Å². The number of ether oxygens (including phenoxy) is 1. The minimum atomic E-state index is -0.740. The lowest BCUT2D eigenvalue weighted by Crippen LogP contribution is -2.53. The molecule has 2 amide bonds. The van der Waals surface area contributed by atoms with E-state index in [9.17, 15) is 9.59 Å². The molecular weight excluding hydrogens is 531 g/mol. The molecule has 206 valence electrons. The predicted octanol–water partition coefficient (Wildman–Crippen LogP) is 7.08. The van der Waals surface area contributed by atoms with Crippen molar-refractivity contribution in [2.45, 2.75) is 71.0 Å². The minimum absolute atomic E-state index is 0.117. The molecule has 0 aliphatic heterocycles. The summed E-state index contributed by atoms with van der Waals surface area (Å²) in [6, 6.07) is 20.2. The Balaban J connectivity index is 1.65. The average Bonchev–Trinajstić information content (AvgIpc) is 2.93. The van der Waals surface area contributed by atoms with Crippen molar-refractivity contribution in [3.05, 3.63) is 99.0 Å². The lowest BCUT2D eigenvalue weighted by Gasteiger charge is -2.33. The first-order chi connectivity index (χ1) is 18.8. The Morgan fingerprint density at radius 3 is 2.44 bits per heavy atom. The van der Waals surface area contributed by atoms with Gasteiger partial charge in [-0.1, -0.05) is 91.0 Å². The summed E-state index contributed by atoms with van der Waals surface area (Å²) >= 11 is 12.7. The highest BCUT2D eigenvalue weighted by atomic mass is 35.5. The van der Waals surface area contributed by atoms with E-state index in [2.05, 4.69) is 5.32 Å². The summed E-state index contributed by atoms with van der Waals surface area (Å²) in [5, 5.41) is 4.20. The van der Waals surface area contributed by atoms with Crippen LogP contribution in [0.15, 0.2) is 66.7 Å². The van der Waals surface area contributed by atoms with Crippen molar-refractivity contribution in [2.75, 3.05) is 6.61 Å². The van der Waals surface area contributed by atoms with Gasteiger partial charge in [-0.2, -0.15) is 0 Å². The fourth-order valence-corrected chi connectivity index (χ4v) is 5.49. The molecule has 0 spiro atoms. The molecule has 0 bridgehead atoms. The van der Waals surface area contributed by atoms with Crippen molar-refractivity contribution in [1.29, 1.82) is 0 Å². The summed E-state index contributed by atoms with van der Waals surface area (Å²) in [4.78, 5) is 29.3. The molecule has 4 rings (SSSR count). The van der Waals surface area contributed by atoms with Gasteiger partial charge in [-0.3, -0.25) is 9.59 Å². The topological polar surface area (TPSA) is 58.6 Å². The van der Waals surface area contributed by atoms with E-state index in [1.807, 2.05) is 62.4 Å². The smallest absolute Gasteiger partial charge is 0.261 e. The highest BCUT2D eigenvalue weighted by Gasteiger charge is 2.32. The van der Waals surface area contributed by atoms with Gasteiger partial charge in [0, 0.05) is 29.1 Å². The van der Waals surface area contributed by atoms with Gasteiger partial charge in [-0.25, -0.2) is 0 Å². The third-order valence-electron chi connectivity index (χ3n) is 7.27. The second kappa shape index (κ2) is 13.9. The van der Waals surface area contributed by atoms with Crippen molar-refractivity contribution in [3.63, 3.8) is 0 Å². The summed E-state index contributed by atoms with van der Waals surface area (Å²) in [6.07, 6.45) is 5.67. The molecule has 0 aromatic heterocycles. The number of carbonyl (C=O) groups excluding carboxylic acids is 2. The number of hydrogen-bond acceptors (Lipinski definition) is 3. The first-order valence-corrected chi connectivity index (χ1v) is 14.3. The van der Waals surface area contributed by atoms with Crippen LogP contribution in [0.2, 0.25) is 10.0 Å². The maximum atomic E-state index is 13.9. The van der Waals surface area contributed by atoms with E-state index >= 15 is 0 Å². The molecule has 5 nitrogen and oxygen atoms in total. The zero-order valence-corrected chi connectivity index (χ0v) is 24.1. The number of benzene rings is 3. The fourth-order valence-electron chi connectivity index (χ4n) is 5.02. The Morgan fingerprint density at radius 1 is 0.974 bits per heavy atom. The Morgan fingerprint density at radius 2 is 1.72 bits per heavy atom. The lowest BCUT2D eigenvalue weighted by molar-refractivity contribution is -0.143. The van der Waals surface area contributed by atoms with Gasteiger partial charge in [0.15, 0.2) is 6.61 Å². The molecule has 39 heavy (non-hydrogen) atoms. The van der Waals surface area contributed by atoms with Crippen LogP contribution in [0.5, 0.6) is 5.75 Å². The molecule has 1 aliphatic carbocycles. The second-order valence-corrected chi connectivity index (χ2v) is 11.2. The first-order valence-electron chi connectivity index (χ1n) is 13.6. The normalized spacial score (nSPS) is 14.5. The molecule has 0 heterocycles. The zero-order chi connectivity index (χ0) is 27.8. The summed E-state index contributed by atoms with van der Waals surface area (Å²) < 4.78 is 6.00. The number of halogens is 2. The van der Waals surface area contributed by atoms with E-state index in [0.717, 1.165) is 42.4 Å². The van der Waals surface area contributed by atoms with Gasteiger partial charge < -0.3 is 15.0 Å². The third kappa shape index (κ3) is 8.23.